The summed E-state index contributed by atoms with van der Waals surface area (Å²) >= 11 is 0. The number of rotatable bonds is 3. The van der Waals surface area contributed by atoms with Crippen molar-refractivity contribution in [1.82, 2.24) is 9.91 Å². The average Bonchev–Trinajstić information content (AvgIpc) is 3.19. The Morgan fingerprint density at radius 3 is 2.65 bits per heavy atom. The molecule has 0 radical (unpaired) electrons. The van der Waals surface area contributed by atoms with Gasteiger partial charge in [0, 0.05) is 36.9 Å². The largest absolute Gasteiger partial charge is 0.487 e. The maximum absolute atomic E-state index is 13.6. The highest BCUT2D eigenvalue weighted by Crippen LogP contribution is 2.32. The van der Waals surface area contributed by atoms with E-state index in [9.17, 15) is 18.4 Å². The van der Waals surface area contributed by atoms with Gasteiger partial charge in [0.1, 0.15) is 23.5 Å². The number of hydrogen-bond donors (Lipinski definition) is 1. The van der Waals surface area contributed by atoms with Crippen molar-refractivity contribution >= 4 is 23.8 Å². The molecular formula is C22H20F2N4O3. The average molecular weight is 426 g/mol. The van der Waals surface area contributed by atoms with Crippen LogP contribution < -0.4 is 10.1 Å². The Bertz CT molecular complexity index is 1060. The second-order valence-corrected chi connectivity index (χ2v) is 7.89. The summed E-state index contributed by atoms with van der Waals surface area (Å²) < 4.78 is 33.1. The SMILES string of the molecule is O=C1CCc2ccc(OC3CN(C(=O)N4N=CCC4c4cc(F)cc(F)c4)C3)cc2N1. The lowest BCUT2D eigenvalue weighted by Gasteiger charge is -2.41. The van der Waals surface area contributed by atoms with Crippen LogP contribution in [0.3, 0.4) is 0 Å². The zero-order valence-electron chi connectivity index (χ0n) is 16.6. The zero-order chi connectivity index (χ0) is 21.5. The van der Waals surface area contributed by atoms with E-state index in [-0.39, 0.29) is 18.0 Å². The Kier molecular flexibility index (Phi) is 4.80. The van der Waals surface area contributed by atoms with Crippen molar-refractivity contribution in [3.8, 4) is 5.75 Å². The quantitative estimate of drug-likeness (QED) is 0.817. The first-order valence-corrected chi connectivity index (χ1v) is 10.1. The van der Waals surface area contributed by atoms with Crippen LogP contribution in [0.2, 0.25) is 0 Å². The molecule has 1 atom stereocenters. The van der Waals surface area contributed by atoms with Crippen molar-refractivity contribution in [2.45, 2.75) is 31.4 Å². The summed E-state index contributed by atoms with van der Waals surface area (Å²) in [4.78, 5) is 26.0. The summed E-state index contributed by atoms with van der Waals surface area (Å²) in [6, 6.07) is 7.97. The Balaban J connectivity index is 1.20. The van der Waals surface area contributed by atoms with Gasteiger partial charge >= 0.3 is 6.03 Å². The third-order valence-corrected chi connectivity index (χ3v) is 5.69. The van der Waals surface area contributed by atoms with Gasteiger partial charge in [-0.25, -0.2) is 18.6 Å². The number of ether oxygens (including phenoxy) is 1. The zero-order valence-corrected chi connectivity index (χ0v) is 16.6. The normalized spacial score (nSPS) is 20.3. The van der Waals surface area contributed by atoms with Gasteiger partial charge in [-0.2, -0.15) is 5.10 Å². The number of nitrogens with zero attached hydrogens (tertiary/aromatic N) is 3. The number of amides is 3. The number of likely N-dealkylation sites (tertiary alicyclic amines) is 1. The molecule has 3 aliphatic heterocycles. The van der Waals surface area contributed by atoms with Crippen LogP contribution in [0.15, 0.2) is 41.5 Å². The topological polar surface area (TPSA) is 74.2 Å². The van der Waals surface area contributed by atoms with Crippen molar-refractivity contribution in [3.05, 3.63) is 59.2 Å². The van der Waals surface area contributed by atoms with Crippen molar-refractivity contribution in [2.75, 3.05) is 18.4 Å². The molecule has 3 amide bonds. The molecule has 1 fully saturated rings. The molecule has 3 aliphatic rings. The predicted octanol–water partition coefficient (Wildman–Crippen LogP) is 3.47. The first-order valence-electron chi connectivity index (χ1n) is 10.1. The summed E-state index contributed by atoms with van der Waals surface area (Å²) in [5.41, 5.74) is 2.20. The van der Waals surface area contributed by atoms with E-state index < -0.39 is 17.7 Å². The fourth-order valence-electron chi connectivity index (χ4n) is 4.07. The minimum absolute atomic E-state index is 0.0102. The minimum Gasteiger partial charge on any atom is -0.487 e. The van der Waals surface area contributed by atoms with E-state index in [2.05, 4.69) is 10.4 Å². The van der Waals surface area contributed by atoms with E-state index in [1.54, 1.807) is 17.2 Å². The van der Waals surface area contributed by atoms with E-state index in [0.29, 0.717) is 43.7 Å². The molecule has 160 valence electrons. The number of nitrogens with one attached hydrogen (secondary N) is 1. The third kappa shape index (κ3) is 3.83. The molecule has 1 N–H and O–H groups in total. The molecule has 2 aromatic rings. The van der Waals surface area contributed by atoms with Gasteiger partial charge in [0.15, 0.2) is 0 Å². The lowest BCUT2D eigenvalue weighted by atomic mass is 10.0. The Morgan fingerprint density at radius 1 is 1.10 bits per heavy atom. The van der Waals surface area contributed by atoms with Gasteiger partial charge in [0.25, 0.3) is 0 Å². The number of benzene rings is 2. The summed E-state index contributed by atoms with van der Waals surface area (Å²) in [5.74, 6) is -0.754. The van der Waals surface area contributed by atoms with Gasteiger partial charge < -0.3 is 15.0 Å². The van der Waals surface area contributed by atoms with Crippen molar-refractivity contribution < 1.29 is 23.1 Å². The Labute approximate surface area is 177 Å². The highest BCUT2D eigenvalue weighted by Gasteiger charge is 2.39. The van der Waals surface area contributed by atoms with Crippen LogP contribution in [-0.4, -0.2) is 47.3 Å². The predicted molar refractivity (Wildman–Crippen MR) is 109 cm³/mol. The summed E-state index contributed by atoms with van der Waals surface area (Å²) in [6.07, 6.45) is 2.97. The molecule has 1 saturated heterocycles. The second kappa shape index (κ2) is 7.64. The number of aryl methyl sites for hydroxylation is 1. The molecule has 3 heterocycles. The van der Waals surface area contributed by atoms with Crippen molar-refractivity contribution in [3.63, 3.8) is 0 Å². The lowest BCUT2D eigenvalue weighted by Crippen LogP contribution is -2.58. The minimum atomic E-state index is -0.687. The molecule has 9 heteroatoms. The number of carbonyl (C=O) groups is 2. The molecule has 0 spiro atoms. The molecule has 0 saturated carbocycles. The van der Waals surface area contributed by atoms with Crippen LogP contribution >= 0.6 is 0 Å². The lowest BCUT2D eigenvalue weighted by molar-refractivity contribution is -0.116. The number of halogens is 2. The van der Waals surface area contributed by atoms with Crippen LogP contribution in [0.25, 0.3) is 0 Å². The Hall–Kier alpha value is -3.49. The number of hydrogen-bond acceptors (Lipinski definition) is 4. The van der Waals surface area contributed by atoms with Crippen LogP contribution in [0.5, 0.6) is 5.75 Å². The van der Waals surface area contributed by atoms with E-state index >= 15 is 0 Å². The van der Waals surface area contributed by atoms with Crippen molar-refractivity contribution in [2.24, 2.45) is 5.10 Å². The molecule has 31 heavy (non-hydrogen) atoms. The molecule has 0 bridgehead atoms. The van der Waals surface area contributed by atoms with Gasteiger partial charge in [-0.1, -0.05) is 6.07 Å². The standard InChI is InChI=1S/C22H20F2N4O3/c23-15-7-14(8-16(24)9-15)20-5-6-25-28(20)22(30)27-11-18(12-27)31-17-3-1-13-2-4-21(29)26-19(13)10-17/h1,3,6-10,18,20H,2,4-5,11-12H2,(H,26,29). The van der Waals surface area contributed by atoms with Gasteiger partial charge in [0.05, 0.1) is 19.1 Å². The van der Waals surface area contributed by atoms with E-state index in [1.165, 1.54) is 17.1 Å². The Morgan fingerprint density at radius 2 is 1.87 bits per heavy atom. The molecule has 1 unspecified atom stereocenters. The number of anilines is 1. The third-order valence-electron chi connectivity index (χ3n) is 5.69. The van der Waals surface area contributed by atoms with Crippen LogP contribution in [0.1, 0.15) is 30.0 Å². The summed E-state index contributed by atoms with van der Waals surface area (Å²) in [6.45, 7) is 0.747. The summed E-state index contributed by atoms with van der Waals surface area (Å²) in [5, 5.41) is 8.22. The molecule has 7 nitrogen and oxygen atoms in total. The second-order valence-electron chi connectivity index (χ2n) is 7.89. The van der Waals surface area contributed by atoms with Crippen LogP contribution in [0.4, 0.5) is 19.3 Å². The first kappa shape index (κ1) is 19.5. The number of urea groups is 1. The van der Waals surface area contributed by atoms with E-state index in [0.717, 1.165) is 17.3 Å². The molecule has 2 aromatic carbocycles. The van der Waals surface area contributed by atoms with Crippen molar-refractivity contribution in [1.29, 1.82) is 0 Å². The van der Waals surface area contributed by atoms with Crippen LogP contribution in [-0.2, 0) is 11.2 Å². The van der Waals surface area contributed by atoms with E-state index in [1.807, 2.05) is 12.1 Å². The molecular weight excluding hydrogens is 406 g/mol. The smallest absolute Gasteiger partial charge is 0.341 e. The molecule has 0 aromatic heterocycles. The number of hydrazone groups is 1. The van der Waals surface area contributed by atoms with Crippen LogP contribution in [0, 0.1) is 11.6 Å². The van der Waals surface area contributed by atoms with Gasteiger partial charge in [0.2, 0.25) is 5.91 Å². The fourth-order valence-corrected chi connectivity index (χ4v) is 4.07. The maximum Gasteiger partial charge on any atom is 0.341 e. The monoisotopic (exact) mass is 426 g/mol. The van der Waals surface area contributed by atoms with Gasteiger partial charge in [-0.3, -0.25) is 4.79 Å². The van der Waals surface area contributed by atoms with Gasteiger partial charge in [-0.05, 0) is 35.7 Å². The summed E-state index contributed by atoms with van der Waals surface area (Å²) in [7, 11) is 0. The highest BCUT2D eigenvalue weighted by atomic mass is 19.1. The highest BCUT2D eigenvalue weighted by molar-refractivity contribution is 5.94. The number of fused-ring (bicyclic) bond motifs is 1. The van der Waals surface area contributed by atoms with E-state index in [4.69, 9.17) is 4.74 Å². The number of carbonyl (C=O) groups excluding carboxylic acids is 2. The van der Waals surface area contributed by atoms with Gasteiger partial charge in [-0.15, -0.1) is 0 Å². The fraction of sp³-hybridized carbons (Fsp3) is 0.318. The first-order chi connectivity index (χ1) is 15.0. The molecule has 0 aliphatic carbocycles. The molecule has 5 rings (SSSR count). The maximum atomic E-state index is 13.6.